The van der Waals surface area contributed by atoms with Crippen LogP contribution in [0, 0.1) is 0 Å². The zero-order valence-corrected chi connectivity index (χ0v) is 15.8. The summed E-state index contributed by atoms with van der Waals surface area (Å²) in [4.78, 5) is 14.5. The summed E-state index contributed by atoms with van der Waals surface area (Å²) in [7, 11) is 0. The smallest absolute Gasteiger partial charge is 0.237 e. The molecule has 2 aromatic carbocycles. The molecule has 1 unspecified atom stereocenters. The van der Waals surface area contributed by atoms with Gasteiger partial charge in [0.1, 0.15) is 12.4 Å². The molecular formula is C22H29N3O2. The predicted octanol–water partition coefficient (Wildman–Crippen LogP) is 2.35. The third-order valence-corrected chi connectivity index (χ3v) is 4.89. The van der Waals surface area contributed by atoms with Crippen molar-refractivity contribution in [3.8, 4) is 5.75 Å². The normalized spacial score (nSPS) is 15.4. The molecule has 0 spiro atoms. The van der Waals surface area contributed by atoms with E-state index in [0.717, 1.165) is 36.5 Å². The van der Waals surface area contributed by atoms with Gasteiger partial charge in [0, 0.05) is 13.1 Å². The molecule has 0 aromatic heterocycles. The molecule has 1 aliphatic rings. The first-order chi connectivity index (χ1) is 13.2. The van der Waals surface area contributed by atoms with Gasteiger partial charge < -0.3 is 20.7 Å². The van der Waals surface area contributed by atoms with Crippen LogP contribution in [0.15, 0.2) is 54.6 Å². The highest BCUT2D eigenvalue weighted by atomic mass is 16.5. The molecule has 1 fully saturated rings. The van der Waals surface area contributed by atoms with Gasteiger partial charge in [0.15, 0.2) is 0 Å². The van der Waals surface area contributed by atoms with E-state index in [-0.39, 0.29) is 5.91 Å². The number of benzene rings is 2. The molecule has 5 heteroatoms. The second-order valence-corrected chi connectivity index (χ2v) is 7.07. The molecule has 1 heterocycles. The third-order valence-electron chi connectivity index (χ3n) is 4.89. The van der Waals surface area contributed by atoms with E-state index in [4.69, 9.17) is 10.5 Å². The summed E-state index contributed by atoms with van der Waals surface area (Å²) in [5.41, 5.74) is 8.22. The van der Waals surface area contributed by atoms with Crippen LogP contribution in [0.3, 0.4) is 0 Å². The number of hydrogen-bond donors (Lipinski definition) is 2. The van der Waals surface area contributed by atoms with Crippen LogP contribution in [-0.4, -0.2) is 43.0 Å². The Morgan fingerprint density at radius 1 is 1.04 bits per heavy atom. The summed E-state index contributed by atoms with van der Waals surface area (Å²) >= 11 is 0. The van der Waals surface area contributed by atoms with Gasteiger partial charge in [-0.25, -0.2) is 0 Å². The lowest BCUT2D eigenvalue weighted by atomic mass is 10.1. The summed E-state index contributed by atoms with van der Waals surface area (Å²) < 4.78 is 5.79. The molecule has 3 rings (SSSR count). The number of nitrogens with two attached hydrogens (primary N) is 1. The molecule has 3 N–H and O–H groups in total. The maximum Gasteiger partial charge on any atom is 0.237 e. The van der Waals surface area contributed by atoms with E-state index in [1.165, 1.54) is 12.8 Å². The highest BCUT2D eigenvalue weighted by molar-refractivity contribution is 5.81. The summed E-state index contributed by atoms with van der Waals surface area (Å²) in [6, 6.07) is 17.3. The number of carbonyl (C=O) groups is 1. The average molecular weight is 367 g/mol. The summed E-state index contributed by atoms with van der Waals surface area (Å²) in [6.07, 6.45) is 3.05. The Balaban J connectivity index is 1.39. The molecule has 1 aliphatic heterocycles. The lowest BCUT2D eigenvalue weighted by molar-refractivity contribution is -0.122. The highest BCUT2D eigenvalue weighted by Gasteiger charge is 2.15. The van der Waals surface area contributed by atoms with E-state index in [1.807, 2.05) is 54.6 Å². The fraction of sp³-hybridized carbons (Fsp3) is 0.409. The van der Waals surface area contributed by atoms with Gasteiger partial charge >= 0.3 is 0 Å². The number of amides is 1. The van der Waals surface area contributed by atoms with Gasteiger partial charge in [-0.3, -0.25) is 4.79 Å². The number of carbonyl (C=O) groups excluding carboxylic acids is 1. The van der Waals surface area contributed by atoms with Crippen molar-refractivity contribution in [2.75, 3.05) is 26.2 Å². The van der Waals surface area contributed by atoms with Crippen molar-refractivity contribution in [3.63, 3.8) is 0 Å². The summed E-state index contributed by atoms with van der Waals surface area (Å²) in [5.74, 6) is 0.727. The first-order valence-electron chi connectivity index (χ1n) is 9.72. The highest BCUT2D eigenvalue weighted by Crippen LogP contribution is 2.15. The maximum absolute atomic E-state index is 12.2. The molecular weight excluding hydrogens is 338 g/mol. The largest absolute Gasteiger partial charge is 0.489 e. The monoisotopic (exact) mass is 367 g/mol. The lowest BCUT2D eigenvalue weighted by Crippen LogP contribution is -2.44. The molecule has 1 saturated heterocycles. The second kappa shape index (κ2) is 10.1. The van der Waals surface area contributed by atoms with Crippen LogP contribution < -0.4 is 15.8 Å². The summed E-state index contributed by atoms with van der Waals surface area (Å²) in [5, 5.41) is 2.95. The van der Waals surface area contributed by atoms with Crippen LogP contribution in [0.4, 0.5) is 0 Å². The van der Waals surface area contributed by atoms with E-state index in [2.05, 4.69) is 10.2 Å². The number of nitrogens with one attached hydrogen (secondary N) is 1. The third kappa shape index (κ3) is 6.38. The Labute approximate surface area is 161 Å². The van der Waals surface area contributed by atoms with Crippen LogP contribution in [0.25, 0.3) is 0 Å². The van der Waals surface area contributed by atoms with Crippen LogP contribution in [0.5, 0.6) is 5.75 Å². The molecule has 5 nitrogen and oxygen atoms in total. The van der Waals surface area contributed by atoms with E-state index >= 15 is 0 Å². The molecule has 2 aromatic rings. The van der Waals surface area contributed by atoms with Crippen LogP contribution in [0.2, 0.25) is 0 Å². The summed E-state index contributed by atoms with van der Waals surface area (Å²) in [6.45, 7) is 4.39. The molecule has 0 bridgehead atoms. The molecule has 0 saturated carbocycles. The average Bonchev–Trinajstić information content (AvgIpc) is 3.21. The number of hydrogen-bond acceptors (Lipinski definition) is 4. The Morgan fingerprint density at radius 2 is 1.74 bits per heavy atom. The first kappa shape index (κ1) is 19.4. The quantitative estimate of drug-likeness (QED) is 0.714. The zero-order valence-electron chi connectivity index (χ0n) is 15.8. The van der Waals surface area contributed by atoms with Gasteiger partial charge in [0.2, 0.25) is 5.91 Å². The molecule has 0 radical (unpaired) electrons. The van der Waals surface area contributed by atoms with Gasteiger partial charge in [-0.1, -0.05) is 42.5 Å². The van der Waals surface area contributed by atoms with Crippen molar-refractivity contribution in [1.82, 2.24) is 10.2 Å². The van der Waals surface area contributed by atoms with Crippen molar-refractivity contribution < 1.29 is 9.53 Å². The van der Waals surface area contributed by atoms with Crippen molar-refractivity contribution in [2.45, 2.75) is 31.9 Å². The van der Waals surface area contributed by atoms with Crippen LogP contribution in [0.1, 0.15) is 24.0 Å². The number of likely N-dealkylation sites (tertiary alicyclic amines) is 1. The SMILES string of the molecule is NC(Cc1ccc(OCc2ccccc2)cc1)C(=O)NCCN1CCCC1. The van der Waals surface area contributed by atoms with Crippen molar-refractivity contribution in [3.05, 3.63) is 65.7 Å². The lowest BCUT2D eigenvalue weighted by Gasteiger charge is -2.17. The predicted molar refractivity (Wildman–Crippen MR) is 108 cm³/mol. The van der Waals surface area contributed by atoms with Crippen LogP contribution in [-0.2, 0) is 17.8 Å². The van der Waals surface area contributed by atoms with Gasteiger partial charge in [-0.05, 0) is 55.6 Å². The second-order valence-electron chi connectivity index (χ2n) is 7.07. The van der Waals surface area contributed by atoms with Gasteiger partial charge in [0.25, 0.3) is 0 Å². The minimum Gasteiger partial charge on any atom is -0.489 e. The Hall–Kier alpha value is -2.37. The van der Waals surface area contributed by atoms with Crippen LogP contribution >= 0.6 is 0 Å². The number of rotatable bonds is 9. The standard InChI is InChI=1S/C22H29N3O2/c23-21(22(26)24-12-15-25-13-4-5-14-25)16-18-8-10-20(11-9-18)27-17-19-6-2-1-3-7-19/h1-3,6-11,21H,4-5,12-17,23H2,(H,24,26). The topological polar surface area (TPSA) is 67.6 Å². The first-order valence-corrected chi connectivity index (χ1v) is 9.72. The van der Waals surface area contributed by atoms with E-state index in [0.29, 0.717) is 19.6 Å². The van der Waals surface area contributed by atoms with E-state index in [9.17, 15) is 4.79 Å². The number of nitrogens with zero attached hydrogens (tertiary/aromatic N) is 1. The van der Waals surface area contributed by atoms with E-state index < -0.39 is 6.04 Å². The minimum absolute atomic E-state index is 0.0846. The van der Waals surface area contributed by atoms with E-state index in [1.54, 1.807) is 0 Å². The zero-order chi connectivity index (χ0) is 18.9. The Kier molecular flexibility index (Phi) is 7.25. The fourth-order valence-electron chi connectivity index (χ4n) is 3.28. The molecule has 27 heavy (non-hydrogen) atoms. The van der Waals surface area contributed by atoms with Crippen molar-refractivity contribution in [2.24, 2.45) is 5.73 Å². The maximum atomic E-state index is 12.2. The Morgan fingerprint density at radius 3 is 2.44 bits per heavy atom. The van der Waals surface area contributed by atoms with Gasteiger partial charge in [-0.2, -0.15) is 0 Å². The molecule has 1 atom stereocenters. The molecule has 144 valence electrons. The molecule has 1 amide bonds. The number of ether oxygens (including phenoxy) is 1. The molecule has 0 aliphatic carbocycles. The minimum atomic E-state index is -0.528. The van der Waals surface area contributed by atoms with Gasteiger partial charge in [-0.15, -0.1) is 0 Å². The Bertz CT molecular complexity index is 697. The van der Waals surface area contributed by atoms with Crippen molar-refractivity contribution in [1.29, 1.82) is 0 Å². The van der Waals surface area contributed by atoms with Crippen molar-refractivity contribution >= 4 is 5.91 Å². The fourth-order valence-corrected chi connectivity index (χ4v) is 3.28. The van der Waals surface area contributed by atoms with Gasteiger partial charge in [0.05, 0.1) is 6.04 Å².